The average molecular weight is 231 g/mol. The van der Waals surface area contributed by atoms with Gasteiger partial charge in [0.1, 0.15) is 11.9 Å². The summed E-state index contributed by atoms with van der Waals surface area (Å²) in [5, 5.41) is 10.2. The quantitative estimate of drug-likeness (QED) is 0.862. The van der Waals surface area contributed by atoms with Gasteiger partial charge in [-0.1, -0.05) is 6.07 Å². The van der Waals surface area contributed by atoms with Crippen LogP contribution in [-0.2, 0) is 0 Å². The zero-order valence-electron chi connectivity index (χ0n) is 9.81. The van der Waals surface area contributed by atoms with Gasteiger partial charge in [0.25, 0.3) is 0 Å². The zero-order valence-corrected chi connectivity index (χ0v) is 9.81. The summed E-state index contributed by atoms with van der Waals surface area (Å²) < 4.78 is 13.0. The highest BCUT2D eigenvalue weighted by Gasteiger charge is 2.14. The number of aromatic nitrogens is 1. The van der Waals surface area contributed by atoms with E-state index in [1.165, 1.54) is 12.1 Å². The van der Waals surface area contributed by atoms with Crippen LogP contribution in [0.25, 0.3) is 0 Å². The fraction of sp³-hybridized carbons (Fsp3) is 0.214. The largest absolute Gasteiger partial charge is 0.382 e. The van der Waals surface area contributed by atoms with Crippen LogP contribution in [0.15, 0.2) is 36.5 Å². The first-order valence-electron chi connectivity index (χ1n) is 5.44. The molecule has 1 heterocycles. The van der Waals surface area contributed by atoms with Crippen LogP contribution in [0.4, 0.5) is 4.39 Å². The predicted octanol–water partition coefficient (Wildman–Crippen LogP) is 2.92. The van der Waals surface area contributed by atoms with Gasteiger partial charge in [0, 0.05) is 6.20 Å². The molecule has 2 nitrogen and oxygen atoms in total. The van der Waals surface area contributed by atoms with Crippen LogP contribution >= 0.6 is 0 Å². The molecule has 0 bridgehead atoms. The van der Waals surface area contributed by atoms with Gasteiger partial charge in [-0.15, -0.1) is 0 Å². The Balaban J connectivity index is 2.40. The minimum Gasteiger partial charge on any atom is -0.382 e. The van der Waals surface area contributed by atoms with Crippen LogP contribution < -0.4 is 0 Å². The van der Waals surface area contributed by atoms with Gasteiger partial charge in [-0.2, -0.15) is 0 Å². The molecule has 88 valence electrons. The molecular weight excluding hydrogens is 217 g/mol. The van der Waals surface area contributed by atoms with E-state index in [1.54, 1.807) is 19.2 Å². The SMILES string of the molecule is Cc1ccnc(C(O)c2ccc(F)cc2C)c1. The number of hydrogen-bond donors (Lipinski definition) is 1. The standard InChI is InChI=1S/C14H14FNO/c1-9-5-6-16-13(7-9)14(17)12-4-3-11(15)8-10(12)2/h3-8,14,17H,1-2H3. The Morgan fingerprint density at radius 1 is 1.18 bits per heavy atom. The first-order valence-corrected chi connectivity index (χ1v) is 5.44. The summed E-state index contributed by atoms with van der Waals surface area (Å²) in [5.41, 5.74) is 3.03. The van der Waals surface area contributed by atoms with Crippen molar-refractivity contribution in [1.29, 1.82) is 0 Å². The van der Waals surface area contributed by atoms with Crippen molar-refractivity contribution in [2.24, 2.45) is 0 Å². The highest BCUT2D eigenvalue weighted by Crippen LogP contribution is 2.24. The Morgan fingerprint density at radius 2 is 1.94 bits per heavy atom. The van der Waals surface area contributed by atoms with Crippen LogP contribution in [0.2, 0.25) is 0 Å². The molecule has 0 aliphatic rings. The number of aliphatic hydroxyl groups excluding tert-OH is 1. The third kappa shape index (κ3) is 2.50. The van der Waals surface area contributed by atoms with Gasteiger partial charge in [-0.25, -0.2) is 4.39 Å². The molecule has 2 aromatic rings. The topological polar surface area (TPSA) is 33.1 Å². The van der Waals surface area contributed by atoms with Crippen molar-refractivity contribution in [1.82, 2.24) is 4.98 Å². The van der Waals surface area contributed by atoms with Crippen molar-refractivity contribution in [3.8, 4) is 0 Å². The molecule has 0 radical (unpaired) electrons. The molecule has 3 heteroatoms. The summed E-state index contributed by atoms with van der Waals surface area (Å²) in [4.78, 5) is 4.14. The lowest BCUT2D eigenvalue weighted by Crippen LogP contribution is -2.04. The number of aryl methyl sites for hydroxylation is 2. The highest BCUT2D eigenvalue weighted by molar-refractivity contribution is 5.33. The summed E-state index contributed by atoms with van der Waals surface area (Å²) in [7, 11) is 0. The molecule has 0 fully saturated rings. The number of aliphatic hydroxyl groups is 1. The first kappa shape index (κ1) is 11.7. The Kier molecular flexibility index (Phi) is 3.20. The Hall–Kier alpha value is -1.74. The van der Waals surface area contributed by atoms with Crippen molar-refractivity contribution >= 4 is 0 Å². The van der Waals surface area contributed by atoms with Gasteiger partial charge in [-0.3, -0.25) is 4.98 Å². The maximum atomic E-state index is 13.0. The molecule has 17 heavy (non-hydrogen) atoms. The van der Waals surface area contributed by atoms with Crippen LogP contribution in [-0.4, -0.2) is 10.1 Å². The molecule has 0 aliphatic heterocycles. The van der Waals surface area contributed by atoms with Crippen molar-refractivity contribution < 1.29 is 9.50 Å². The fourth-order valence-electron chi connectivity index (χ4n) is 1.81. The van der Waals surface area contributed by atoms with E-state index in [4.69, 9.17) is 0 Å². The van der Waals surface area contributed by atoms with E-state index in [1.807, 2.05) is 19.1 Å². The second-order valence-electron chi connectivity index (χ2n) is 4.16. The first-order chi connectivity index (χ1) is 8.08. The van der Waals surface area contributed by atoms with Crippen molar-refractivity contribution in [3.63, 3.8) is 0 Å². The lowest BCUT2D eigenvalue weighted by Gasteiger charge is -2.13. The average Bonchev–Trinajstić information content (AvgIpc) is 2.28. The minimum absolute atomic E-state index is 0.296. The Morgan fingerprint density at radius 3 is 2.59 bits per heavy atom. The molecule has 1 atom stereocenters. The van der Waals surface area contributed by atoms with Crippen molar-refractivity contribution in [3.05, 3.63) is 64.7 Å². The van der Waals surface area contributed by atoms with E-state index in [0.29, 0.717) is 11.3 Å². The number of rotatable bonds is 2. The van der Waals surface area contributed by atoms with Crippen LogP contribution in [0.5, 0.6) is 0 Å². The van der Waals surface area contributed by atoms with E-state index >= 15 is 0 Å². The van der Waals surface area contributed by atoms with E-state index in [2.05, 4.69) is 4.98 Å². The maximum Gasteiger partial charge on any atom is 0.123 e. The van der Waals surface area contributed by atoms with Gasteiger partial charge in [-0.05, 0) is 54.8 Å². The van der Waals surface area contributed by atoms with E-state index < -0.39 is 6.10 Å². The molecule has 0 aliphatic carbocycles. The maximum absolute atomic E-state index is 13.0. The summed E-state index contributed by atoms with van der Waals surface area (Å²) in [6.07, 6.45) is 0.850. The zero-order chi connectivity index (χ0) is 12.4. The number of pyridine rings is 1. The van der Waals surface area contributed by atoms with Gasteiger partial charge in [0.2, 0.25) is 0 Å². The van der Waals surface area contributed by atoms with E-state index in [0.717, 1.165) is 11.1 Å². The third-order valence-corrected chi connectivity index (χ3v) is 2.74. The molecule has 0 spiro atoms. The Labute approximate surface area is 99.8 Å². The monoisotopic (exact) mass is 231 g/mol. The smallest absolute Gasteiger partial charge is 0.123 e. The molecular formula is C14H14FNO. The number of nitrogens with zero attached hydrogens (tertiary/aromatic N) is 1. The summed E-state index contributed by atoms with van der Waals surface area (Å²) in [5.74, 6) is -0.296. The number of halogens is 1. The van der Waals surface area contributed by atoms with E-state index in [9.17, 15) is 9.50 Å². The molecule has 1 unspecified atom stereocenters. The molecule has 1 N–H and O–H groups in total. The van der Waals surface area contributed by atoms with Gasteiger partial charge in [0.05, 0.1) is 5.69 Å². The number of hydrogen-bond acceptors (Lipinski definition) is 2. The van der Waals surface area contributed by atoms with Crippen LogP contribution in [0.1, 0.15) is 28.5 Å². The second-order valence-corrected chi connectivity index (χ2v) is 4.16. The molecule has 1 aromatic carbocycles. The molecule has 0 saturated carbocycles. The third-order valence-electron chi connectivity index (χ3n) is 2.74. The van der Waals surface area contributed by atoms with Gasteiger partial charge < -0.3 is 5.11 Å². The normalized spacial score (nSPS) is 12.5. The lowest BCUT2D eigenvalue weighted by molar-refractivity contribution is 0.214. The van der Waals surface area contributed by atoms with Crippen LogP contribution in [0, 0.1) is 19.7 Å². The second kappa shape index (κ2) is 4.63. The lowest BCUT2D eigenvalue weighted by atomic mass is 10.00. The van der Waals surface area contributed by atoms with Crippen molar-refractivity contribution in [2.45, 2.75) is 20.0 Å². The van der Waals surface area contributed by atoms with Gasteiger partial charge in [0.15, 0.2) is 0 Å². The molecule has 0 saturated heterocycles. The van der Waals surface area contributed by atoms with Crippen molar-refractivity contribution in [2.75, 3.05) is 0 Å². The Bertz CT molecular complexity index is 539. The summed E-state index contributed by atoms with van der Waals surface area (Å²) >= 11 is 0. The fourth-order valence-corrected chi connectivity index (χ4v) is 1.81. The molecule has 1 aromatic heterocycles. The van der Waals surface area contributed by atoms with E-state index in [-0.39, 0.29) is 5.82 Å². The predicted molar refractivity (Wildman–Crippen MR) is 64.2 cm³/mol. The summed E-state index contributed by atoms with van der Waals surface area (Å²) in [6, 6.07) is 8.05. The number of benzene rings is 1. The highest BCUT2D eigenvalue weighted by atomic mass is 19.1. The molecule has 0 amide bonds. The summed E-state index contributed by atoms with van der Waals surface area (Å²) in [6.45, 7) is 3.72. The molecule has 2 rings (SSSR count). The van der Waals surface area contributed by atoms with Crippen LogP contribution in [0.3, 0.4) is 0 Å². The minimum atomic E-state index is -0.810. The van der Waals surface area contributed by atoms with Gasteiger partial charge >= 0.3 is 0 Å².